The Hall–Kier alpha value is -3.09. The number of aryl methyl sites for hydroxylation is 1. The number of fused-ring (bicyclic) bond motifs is 2. The second-order valence-electron chi connectivity index (χ2n) is 5.78. The summed E-state index contributed by atoms with van der Waals surface area (Å²) >= 11 is 0. The highest BCUT2D eigenvalue weighted by molar-refractivity contribution is 6.00. The average molecular weight is 343 g/mol. The first-order valence-electron chi connectivity index (χ1n) is 7.54. The number of H-pyrrole nitrogens is 1. The van der Waals surface area contributed by atoms with Crippen molar-refractivity contribution in [2.75, 3.05) is 0 Å². The molecule has 126 valence electrons. The number of hydrogen-bond donors (Lipinski definition) is 1. The lowest BCUT2D eigenvalue weighted by atomic mass is 9.98. The fraction of sp³-hybridized carbons (Fsp3) is 0.111. The van der Waals surface area contributed by atoms with Crippen LogP contribution in [-0.4, -0.2) is 14.6 Å². The predicted molar refractivity (Wildman–Crippen MR) is 88.5 cm³/mol. The normalized spacial score (nSPS) is 12.2. The Bertz CT molecular complexity index is 1170. The van der Waals surface area contributed by atoms with Crippen LogP contribution in [0, 0.1) is 6.92 Å². The Morgan fingerprint density at radius 1 is 1.08 bits per heavy atom. The van der Waals surface area contributed by atoms with E-state index in [1.54, 1.807) is 31.2 Å². The van der Waals surface area contributed by atoms with E-state index in [-0.39, 0.29) is 11.2 Å². The first kappa shape index (κ1) is 15.4. The van der Waals surface area contributed by atoms with Crippen molar-refractivity contribution < 1.29 is 13.2 Å². The summed E-state index contributed by atoms with van der Waals surface area (Å²) in [5, 5.41) is 3.65. The third kappa shape index (κ3) is 2.39. The summed E-state index contributed by atoms with van der Waals surface area (Å²) in [5.74, 6) is 0. The average Bonchev–Trinajstić information content (AvgIpc) is 2.94. The van der Waals surface area contributed by atoms with Crippen LogP contribution in [0.3, 0.4) is 0 Å². The second-order valence-corrected chi connectivity index (χ2v) is 5.78. The van der Waals surface area contributed by atoms with E-state index in [1.165, 1.54) is 6.07 Å². The highest BCUT2D eigenvalue weighted by Crippen LogP contribution is 2.40. The summed E-state index contributed by atoms with van der Waals surface area (Å²) in [5.41, 5.74) is -0.988. The van der Waals surface area contributed by atoms with Gasteiger partial charge in [-0.25, -0.2) is 9.50 Å². The summed E-state index contributed by atoms with van der Waals surface area (Å²) in [6, 6.07) is 13.5. The molecule has 0 aliphatic heterocycles. The molecule has 1 N–H and O–H groups in total. The van der Waals surface area contributed by atoms with Crippen molar-refractivity contribution in [3.05, 3.63) is 70.3 Å². The molecule has 0 saturated heterocycles. The van der Waals surface area contributed by atoms with Gasteiger partial charge in [-0.05, 0) is 23.3 Å². The van der Waals surface area contributed by atoms with E-state index in [1.807, 2.05) is 18.2 Å². The largest absolute Gasteiger partial charge is 0.433 e. The molecule has 0 spiro atoms. The highest BCUT2D eigenvalue weighted by atomic mass is 19.4. The molecule has 0 atom stereocenters. The van der Waals surface area contributed by atoms with E-state index in [0.29, 0.717) is 16.6 Å². The first-order chi connectivity index (χ1) is 11.9. The summed E-state index contributed by atoms with van der Waals surface area (Å²) in [4.78, 5) is 16.3. The Balaban J connectivity index is 2.21. The topological polar surface area (TPSA) is 50.2 Å². The summed E-state index contributed by atoms with van der Waals surface area (Å²) < 4.78 is 41.7. The second kappa shape index (κ2) is 5.20. The van der Waals surface area contributed by atoms with Crippen molar-refractivity contribution >= 4 is 16.4 Å². The van der Waals surface area contributed by atoms with E-state index in [4.69, 9.17) is 0 Å². The molecular weight excluding hydrogens is 331 g/mol. The van der Waals surface area contributed by atoms with Gasteiger partial charge < -0.3 is 0 Å². The molecular formula is C18H12F3N3O. The Kier molecular flexibility index (Phi) is 3.21. The van der Waals surface area contributed by atoms with Crippen LogP contribution < -0.4 is 5.56 Å². The lowest BCUT2D eigenvalue weighted by molar-refractivity contribution is -0.140. The number of aromatic nitrogens is 3. The number of nitrogens with zero attached hydrogens (tertiary/aromatic N) is 2. The Labute approximate surface area is 139 Å². The van der Waals surface area contributed by atoms with Gasteiger partial charge in [0.1, 0.15) is 5.69 Å². The van der Waals surface area contributed by atoms with Gasteiger partial charge in [0.15, 0.2) is 5.65 Å². The molecule has 25 heavy (non-hydrogen) atoms. The van der Waals surface area contributed by atoms with Gasteiger partial charge in [-0.3, -0.25) is 9.89 Å². The zero-order valence-corrected chi connectivity index (χ0v) is 13.1. The maximum absolute atomic E-state index is 13.6. The highest BCUT2D eigenvalue weighted by Gasteiger charge is 2.38. The molecule has 4 rings (SSSR count). The molecule has 0 unspecified atom stereocenters. The van der Waals surface area contributed by atoms with Crippen LogP contribution in [0.1, 0.15) is 11.4 Å². The molecule has 0 fully saturated rings. The maximum atomic E-state index is 13.6. The molecule has 2 aromatic carbocycles. The molecule has 4 aromatic rings. The number of aromatic amines is 1. The summed E-state index contributed by atoms with van der Waals surface area (Å²) in [7, 11) is 0. The molecule has 0 bridgehead atoms. The van der Waals surface area contributed by atoms with Crippen molar-refractivity contribution in [2.24, 2.45) is 0 Å². The third-order valence-corrected chi connectivity index (χ3v) is 4.09. The molecule has 2 aromatic heterocycles. The lowest BCUT2D eigenvalue weighted by Crippen LogP contribution is -2.15. The van der Waals surface area contributed by atoms with E-state index in [0.717, 1.165) is 9.90 Å². The monoisotopic (exact) mass is 343 g/mol. The van der Waals surface area contributed by atoms with Crippen LogP contribution in [0.2, 0.25) is 0 Å². The van der Waals surface area contributed by atoms with E-state index in [2.05, 4.69) is 10.1 Å². The van der Waals surface area contributed by atoms with Crippen LogP contribution >= 0.6 is 0 Å². The minimum absolute atomic E-state index is 0.0336. The number of rotatable bonds is 1. The van der Waals surface area contributed by atoms with Crippen LogP contribution in [-0.2, 0) is 6.18 Å². The lowest BCUT2D eigenvalue weighted by Gasteiger charge is -2.10. The quantitative estimate of drug-likeness (QED) is 0.564. The summed E-state index contributed by atoms with van der Waals surface area (Å²) in [6.07, 6.45) is -4.65. The molecule has 0 aliphatic carbocycles. The standard InChI is InChI=1S/C18H12F3N3O/c1-10-9-14(25)24-17(22-10)15(16(23-24)18(19,20)21)13-8-4-6-11-5-2-3-7-12(11)13/h2-9,23H,1H3. The van der Waals surface area contributed by atoms with Crippen molar-refractivity contribution in [3.63, 3.8) is 0 Å². The molecule has 2 heterocycles. The van der Waals surface area contributed by atoms with Crippen LogP contribution in [0.4, 0.5) is 13.2 Å². The molecule has 0 radical (unpaired) electrons. The summed E-state index contributed by atoms with van der Waals surface area (Å²) in [6.45, 7) is 1.58. The number of benzene rings is 2. The smallest absolute Gasteiger partial charge is 0.284 e. The van der Waals surface area contributed by atoms with Gasteiger partial charge in [0.25, 0.3) is 5.56 Å². The third-order valence-electron chi connectivity index (χ3n) is 4.09. The minimum Gasteiger partial charge on any atom is -0.284 e. The molecule has 7 heteroatoms. The molecule has 0 saturated carbocycles. The number of alkyl halides is 3. The predicted octanol–water partition coefficient (Wildman–Crippen LogP) is 4.17. The fourth-order valence-corrected chi connectivity index (χ4v) is 3.06. The first-order valence-corrected chi connectivity index (χ1v) is 7.54. The Morgan fingerprint density at radius 3 is 2.56 bits per heavy atom. The number of nitrogens with one attached hydrogen (secondary N) is 1. The van der Waals surface area contributed by atoms with Crippen LogP contribution in [0.15, 0.2) is 53.3 Å². The van der Waals surface area contributed by atoms with E-state index < -0.39 is 17.4 Å². The van der Waals surface area contributed by atoms with Crippen molar-refractivity contribution in [1.29, 1.82) is 0 Å². The zero-order chi connectivity index (χ0) is 17.8. The Morgan fingerprint density at radius 2 is 1.80 bits per heavy atom. The van der Waals surface area contributed by atoms with Gasteiger partial charge in [0.2, 0.25) is 0 Å². The number of hydrogen-bond acceptors (Lipinski definition) is 2. The van der Waals surface area contributed by atoms with Crippen LogP contribution in [0.25, 0.3) is 27.5 Å². The van der Waals surface area contributed by atoms with E-state index >= 15 is 0 Å². The van der Waals surface area contributed by atoms with E-state index in [9.17, 15) is 18.0 Å². The fourth-order valence-electron chi connectivity index (χ4n) is 3.06. The van der Waals surface area contributed by atoms with Gasteiger partial charge >= 0.3 is 6.18 Å². The van der Waals surface area contributed by atoms with Gasteiger partial charge in [0.05, 0.1) is 5.56 Å². The van der Waals surface area contributed by atoms with Gasteiger partial charge in [-0.1, -0.05) is 42.5 Å². The van der Waals surface area contributed by atoms with Gasteiger partial charge in [-0.2, -0.15) is 13.2 Å². The maximum Gasteiger partial charge on any atom is 0.433 e. The number of halogens is 3. The molecule has 4 nitrogen and oxygen atoms in total. The van der Waals surface area contributed by atoms with Gasteiger partial charge in [0, 0.05) is 11.8 Å². The van der Waals surface area contributed by atoms with Crippen molar-refractivity contribution in [3.8, 4) is 11.1 Å². The van der Waals surface area contributed by atoms with Gasteiger partial charge in [-0.15, -0.1) is 0 Å². The van der Waals surface area contributed by atoms with Crippen LogP contribution in [0.5, 0.6) is 0 Å². The van der Waals surface area contributed by atoms with Crippen molar-refractivity contribution in [2.45, 2.75) is 13.1 Å². The SMILES string of the molecule is Cc1cc(=O)n2[nH]c(C(F)(F)F)c(-c3cccc4ccccc34)c2n1. The molecule has 0 amide bonds. The molecule has 0 aliphatic rings. The van der Waals surface area contributed by atoms with Crippen molar-refractivity contribution in [1.82, 2.24) is 14.6 Å². The zero-order valence-electron chi connectivity index (χ0n) is 13.1. The minimum atomic E-state index is -4.65.